The van der Waals surface area contributed by atoms with Crippen LogP contribution in [0.3, 0.4) is 0 Å². The molecular formula is C23H26N4OS. The van der Waals surface area contributed by atoms with Crippen molar-refractivity contribution >= 4 is 29.3 Å². The van der Waals surface area contributed by atoms with Gasteiger partial charge in [0.1, 0.15) is 0 Å². The summed E-state index contributed by atoms with van der Waals surface area (Å²) in [6.07, 6.45) is 2.66. The SMILES string of the molecule is CCN(C)/C=N/c1cc(C)c(Cc2nc(-c3ccc(C(N)=O)cc3)cs2)cc1C. The Morgan fingerprint density at radius 2 is 1.93 bits per heavy atom. The van der Waals surface area contributed by atoms with E-state index in [9.17, 15) is 4.79 Å². The Hall–Kier alpha value is -2.99. The molecule has 0 saturated heterocycles. The van der Waals surface area contributed by atoms with Crippen LogP contribution >= 0.6 is 11.3 Å². The van der Waals surface area contributed by atoms with Crippen LogP contribution in [0.25, 0.3) is 11.3 Å². The summed E-state index contributed by atoms with van der Waals surface area (Å²) in [5.41, 5.74) is 12.3. The highest BCUT2D eigenvalue weighted by molar-refractivity contribution is 7.10. The average Bonchev–Trinajstić information content (AvgIpc) is 3.17. The molecule has 2 N–H and O–H groups in total. The predicted octanol–water partition coefficient (Wildman–Crippen LogP) is 4.73. The number of benzene rings is 2. The lowest BCUT2D eigenvalue weighted by Crippen LogP contribution is -2.14. The lowest BCUT2D eigenvalue weighted by Gasteiger charge is -2.11. The smallest absolute Gasteiger partial charge is 0.248 e. The average molecular weight is 407 g/mol. The maximum atomic E-state index is 11.2. The van der Waals surface area contributed by atoms with E-state index in [0.717, 1.165) is 40.5 Å². The van der Waals surface area contributed by atoms with Crippen LogP contribution in [-0.4, -0.2) is 35.7 Å². The van der Waals surface area contributed by atoms with Gasteiger partial charge in [-0.15, -0.1) is 11.3 Å². The second-order valence-electron chi connectivity index (χ2n) is 7.13. The molecule has 150 valence electrons. The molecule has 0 spiro atoms. The zero-order valence-corrected chi connectivity index (χ0v) is 18.1. The molecule has 0 unspecified atom stereocenters. The standard InChI is InChI=1S/C23H26N4OS/c1-5-27(4)14-25-20-11-15(2)19(10-16(20)3)12-22-26-21(13-29-22)17-6-8-18(9-7-17)23(24)28/h6-11,13-14H,5,12H2,1-4H3,(H2,24,28)/b25-14+. The molecule has 5 nitrogen and oxygen atoms in total. The number of primary amides is 1. The third-order valence-electron chi connectivity index (χ3n) is 4.91. The van der Waals surface area contributed by atoms with Crippen molar-refractivity contribution in [2.45, 2.75) is 27.2 Å². The zero-order valence-electron chi connectivity index (χ0n) is 17.3. The van der Waals surface area contributed by atoms with Gasteiger partial charge in [0.15, 0.2) is 0 Å². The molecule has 6 heteroatoms. The van der Waals surface area contributed by atoms with Gasteiger partial charge in [0.05, 0.1) is 22.7 Å². The number of carbonyl (C=O) groups is 1. The highest BCUT2D eigenvalue weighted by Gasteiger charge is 2.10. The number of amides is 1. The summed E-state index contributed by atoms with van der Waals surface area (Å²) < 4.78 is 0. The molecular weight excluding hydrogens is 380 g/mol. The zero-order chi connectivity index (χ0) is 21.0. The van der Waals surface area contributed by atoms with Crippen LogP contribution < -0.4 is 5.73 Å². The van der Waals surface area contributed by atoms with Gasteiger partial charge in [-0.3, -0.25) is 4.79 Å². The number of hydrogen-bond acceptors (Lipinski definition) is 4. The Kier molecular flexibility index (Phi) is 6.44. The van der Waals surface area contributed by atoms with Gasteiger partial charge in [-0.2, -0.15) is 0 Å². The van der Waals surface area contributed by atoms with Crippen LogP contribution in [0.2, 0.25) is 0 Å². The van der Waals surface area contributed by atoms with Crippen molar-refractivity contribution in [2.75, 3.05) is 13.6 Å². The molecule has 0 atom stereocenters. The van der Waals surface area contributed by atoms with Crippen molar-refractivity contribution in [3.8, 4) is 11.3 Å². The Morgan fingerprint density at radius 3 is 2.59 bits per heavy atom. The molecule has 1 aromatic heterocycles. The van der Waals surface area contributed by atoms with Crippen molar-refractivity contribution < 1.29 is 4.79 Å². The Labute approximate surface area is 175 Å². The minimum absolute atomic E-state index is 0.421. The highest BCUT2D eigenvalue weighted by atomic mass is 32.1. The number of hydrogen-bond donors (Lipinski definition) is 1. The fourth-order valence-corrected chi connectivity index (χ4v) is 3.75. The van der Waals surface area contributed by atoms with Crippen LogP contribution in [0.15, 0.2) is 46.8 Å². The van der Waals surface area contributed by atoms with E-state index in [-0.39, 0.29) is 0 Å². The van der Waals surface area contributed by atoms with Gasteiger partial charge in [-0.1, -0.05) is 18.2 Å². The molecule has 0 aliphatic heterocycles. The Balaban J connectivity index is 1.78. The third-order valence-corrected chi connectivity index (χ3v) is 5.75. The molecule has 3 rings (SSSR count). The maximum absolute atomic E-state index is 11.2. The Bertz CT molecular complexity index is 1040. The van der Waals surface area contributed by atoms with Crippen molar-refractivity contribution in [3.05, 3.63) is 69.0 Å². The number of aryl methyl sites for hydroxylation is 2. The third kappa shape index (κ3) is 5.09. The quantitative estimate of drug-likeness (QED) is 0.455. The van der Waals surface area contributed by atoms with Crippen molar-refractivity contribution in [1.29, 1.82) is 0 Å². The van der Waals surface area contributed by atoms with Gasteiger partial charge >= 0.3 is 0 Å². The molecule has 1 heterocycles. The summed E-state index contributed by atoms with van der Waals surface area (Å²) in [5, 5.41) is 3.11. The largest absolute Gasteiger partial charge is 0.366 e. The molecule has 0 bridgehead atoms. The van der Waals surface area contributed by atoms with Gasteiger partial charge in [0, 0.05) is 36.5 Å². The van der Waals surface area contributed by atoms with Crippen LogP contribution in [-0.2, 0) is 6.42 Å². The summed E-state index contributed by atoms with van der Waals surface area (Å²) in [4.78, 5) is 22.7. The lowest BCUT2D eigenvalue weighted by atomic mass is 10.0. The minimum Gasteiger partial charge on any atom is -0.366 e. The number of thiazole rings is 1. The Morgan fingerprint density at radius 1 is 1.21 bits per heavy atom. The number of aromatic nitrogens is 1. The van der Waals surface area contributed by atoms with Gasteiger partial charge in [0.25, 0.3) is 0 Å². The fraction of sp³-hybridized carbons (Fsp3) is 0.261. The number of aliphatic imine (C=N–C) groups is 1. The summed E-state index contributed by atoms with van der Waals surface area (Å²) in [6.45, 7) is 7.24. The molecule has 2 aromatic carbocycles. The van der Waals surface area contributed by atoms with Crippen LogP contribution in [0.5, 0.6) is 0 Å². The normalized spacial score (nSPS) is 11.2. The van der Waals surface area contributed by atoms with E-state index in [4.69, 9.17) is 10.7 Å². The van der Waals surface area contributed by atoms with Crippen LogP contribution in [0.1, 0.15) is 39.0 Å². The second-order valence-corrected chi connectivity index (χ2v) is 8.07. The van der Waals surface area contributed by atoms with Crippen LogP contribution in [0.4, 0.5) is 5.69 Å². The molecule has 0 saturated carbocycles. The van der Waals surface area contributed by atoms with Crippen molar-refractivity contribution in [1.82, 2.24) is 9.88 Å². The second kappa shape index (κ2) is 9.01. The predicted molar refractivity (Wildman–Crippen MR) is 121 cm³/mol. The topological polar surface area (TPSA) is 71.6 Å². The van der Waals surface area contributed by atoms with Crippen LogP contribution in [0, 0.1) is 13.8 Å². The molecule has 0 aliphatic carbocycles. The minimum atomic E-state index is -0.421. The van der Waals surface area contributed by atoms with E-state index in [1.54, 1.807) is 23.5 Å². The lowest BCUT2D eigenvalue weighted by molar-refractivity contribution is 0.100. The van der Waals surface area contributed by atoms with E-state index in [1.807, 2.05) is 25.5 Å². The number of nitrogens with two attached hydrogens (primary N) is 1. The van der Waals surface area contributed by atoms with Gasteiger partial charge in [0.2, 0.25) is 5.91 Å². The van der Waals surface area contributed by atoms with Gasteiger partial charge < -0.3 is 10.6 Å². The molecule has 29 heavy (non-hydrogen) atoms. The van der Waals surface area contributed by atoms with Gasteiger partial charge in [-0.05, 0) is 55.7 Å². The first kappa shape index (κ1) is 20.7. The van der Waals surface area contributed by atoms with E-state index < -0.39 is 5.91 Å². The summed E-state index contributed by atoms with van der Waals surface area (Å²) >= 11 is 1.65. The monoisotopic (exact) mass is 406 g/mol. The molecule has 0 fully saturated rings. The number of rotatable bonds is 7. The van der Waals surface area contributed by atoms with Gasteiger partial charge in [-0.25, -0.2) is 9.98 Å². The molecule has 1 amide bonds. The maximum Gasteiger partial charge on any atom is 0.248 e. The van der Waals surface area contributed by atoms with Crippen molar-refractivity contribution in [3.63, 3.8) is 0 Å². The van der Waals surface area contributed by atoms with E-state index in [0.29, 0.717) is 5.56 Å². The van der Waals surface area contributed by atoms with E-state index in [1.165, 1.54) is 11.1 Å². The first-order chi connectivity index (χ1) is 13.9. The first-order valence-electron chi connectivity index (χ1n) is 9.56. The summed E-state index contributed by atoms with van der Waals surface area (Å²) in [6, 6.07) is 11.6. The van der Waals surface area contributed by atoms with Crippen molar-refractivity contribution in [2.24, 2.45) is 10.7 Å². The highest BCUT2D eigenvalue weighted by Crippen LogP contribution is 2.28. The summed E-state index contributed by atoms with van der Waals surface area (Å²) in [5.74, 6) is -0.421. The summed E-state index contributed by atoms with van der Waals surface area (Å²) in [7, 11) is 2.02. The van der Waals surface area contributed by atoms with E-state index >= 15 is 0 Å². The molecule has 3 aromatic rings. The first-order valence-corrected chi connectivity index (χ1v) is 10.4. The molecule has 0 radical (unpaired) electrons. The number of nitrogens with zero attached hydrogens (tertiary/aromatic N) is 3. The molecule has 0 aliphatic rings. The van der Waals surface area contributed by atoms with E-state index in [2.05, 4.69) is 48.2 Å². The number of carbonyl (C=O) groups excluding carboxylic acids is 1. The fourth-order valence-electron chi connectivity index (χ4n) is 2.93.